The maximum Gasteiger partial charge on any atom is 0.340 e. The summed E-state index contributed by atoms with van der Waals surface area (Å²) >= 11 is 0. The minimum Gasteiger partial charge on any atom is -0.504 e. The SMILES string of the molecule is CCOc1cc(/C=C2\C(=O)N(CCCOC)C(C)=C2C(=O)OC)ccc1O. The number of carbonyl (C=O) groups is 2. The van der Waals surface area contributed by atoms with Crippen molar-refractivity contribution in [2.24, 2.45) is 0 Å². The van der Waals surface area contributed by atoms with Crippen molar-refractivity contribution >= 4 is 18.0 Å². The van der Waals surface area contributed by atoms with Gasteiger partial charge in [-0.3, -0.25) is 4.79 Å². The Bertz CT molecular complexity index is 781. The lowest BCUT2D eigenvalue weighted by atomic mass is 10.0. The average molecular weight is 375 g/mol. The van der Waals surface area contributed by atoms with E-state index in [4.69, 9.17) is 14.2 Å². The van der Waals surface area contributed by atoms with Gasteiger partial charge in [0.15, 0.2) is 11.5 Å². The molecule has 1 amide bonds. The van der Waals surface area contributed by atoms with Crippen LogP contribution in [0.1, 0.15) is 25.8 Å². The van der Waals surface area contributed by atoms with E-state index in [9.17, 15) is 14.7 Å². The minimum absolute atomic E-state index is 0.0119. The van der Waals surface area contributed by atoms with Gasteiger partial charge in [0.1, 0.15) is 0 Å². The Morgan fingerprint density at radius 3 is 2.67 bits per heavy atom. The number of nitrogens with zero attached hydrogens (tertiary/aromatic N) is 1. The Morgan fingerprint density at radius 2 is 2.04 bits per heavy atom. The Labute approximate surface area is 158 Å². The van der Waals surface area contributed by atoms with Gasteiger partial charge in [-0.1, -0.05) is 6.07 Å². The summed E-state index contributed by atoms with van der Waals surface area (Å²) in [6.45, 7) is 4.88. The van der Waals surface area contributed by atoms with Crippen molar-refractivity contribution in [2.75, 3.05) is 34.0 Å². The zero-order chi connectivity index (χ0) is 20.0. The molecule has 0 bridgehead atoms. The molecule has 27 heavy (non-hydrogen) atoms. The fraction of sp³-hybridized carbons (Fsp3) is 0.400. The molecule has 0 atom stereocenters. The van der Waals surface area contributed by atoms with Gasteiger partial charge in [-0.05, 0) is 44.0 Å². The normalized spacial score (nSPS) is 15.6. The third kappa shape index (κ3) is 4.49. The van der Waals surface area contributed by atoms with Gasteiger partial charge in [0.05, 0.1) is 24.9 Å². The molecule has 0 spiro atoms. The van der Waals surface area contributed by atoms with Crippen LogP contribution in [0.15, 0.2) is 35.0 Å². The second kappa shape index (κ2) is 9.23. The number of amides is 1. The van der Waals surface area contributed by atoms with Crippen LogP contribution in [0.5, 0.6) is 11.5 Å². The minimum atomic E-state index is -0.565. The van der Waals surface area contributed by atoms with Crippen molar-refractivity contribution in [3.8, 4) is 11.5 Å². The highest BCUT2D eigenvalue weighted by Crippen LogP contribution is 2.33. The molecule has 0 saturated carbocycles. The molecule has 0 unspecified atom stereocenters. The first kappa shape index (κ1) is 20.5. The predicted molar refractivity (Wildman–Crippen MR) is 100 cm³/mol. The fourth-order valence-electron chi connectivity index (χ4n) is 2.92. The van der Waals surface area contributed by atoms with Gasteiger partial charge < -0.3 is 24.2 Å². The number of hydrogen-bond acceptors (Lipinski definition) is 6. The molecule has 146 valence electrons. The van der Waals surface area contributed by atoms with Crippen molar-refractivity contribution in [2.45, 2.75) is 20.3 Å². The molecule has 0 radical (unpaired) electrons. The van der Waals surface area contributed by atoms with Crippen LogP contribution >= 0.6 is 0 Å². The highest BCUT2D eigenvalue weighted by atomic mass is 16.5. The molecule has 1 heterocycles. The lowest BCUT2D eigenvalue weighted by molar-refractivity contribution is -0.136. The highest BCUT2D eigenvalue weighted by molar-refractivity contribution is 6.16. The van der Waals surface area contributed by atoms with Gasteiger partial charge >= 0.3 is 5.97 Å². The number of phenolic OH excluding ortho intramolecular Hbond substituents is 1. The summed E-state index contributed by atoms with van der Waals surface area (Å²) in [6, 6.07) is 4.76. The zero-order valence-electron chi connectivity index (χ0n) is 16.1. The number of ether oxygens (including phenoxy) is 3. The highest BCUT2D eigenvalue weighted by Gasteiger charge is 2.36. The van der Waals surface area contributed by atoms with Crippen LogP contribution in [0.25, 0.3) is 6.08 Å². The van der Waals surface area contributed by atoms with Crippen LogP contribution in [0.3, 0.4) is 0 Å². The molecule has 1 N–H and O–H groups in total. The molecule has 0 aromatic heterocycles. The summed E-state index contributed by atoms with van der Waals surface area (Å²) < 4.78 is 15.3. The molecule has 0 saturated heterocycles. The molecular formula is C20H25NO6. The average Bonchev–Trinajstić information content (AvgIpc) is 2.88. The quantitative estimate of drug-likeness (QED) is 0.427. The number of carbonyl (C=O) groups excluding carboxylic acids is 2. The molecule has 0 fully saturated rings. The van der Waals surface area contributed by atoms with Crippen molar-refractivity contribution in [3.05, 3.63) is 40.6 Å². The van der Waals surface area contributed by atoms with Crippen LogP contribution in [0, 0.1) is 0 Å². The first-order chi connectivity index (χ1) is 12.9. The van der Waals surface area contributed by atoms with E-state index in [2.05, 4.69) is 0 Å². The topological polar surface area (TPSA) is 85.3 Å². The second-order valence-corrected chi connectivity index (χ2v) is 5.97. The lowest BCUT2D eigenvalue weighted by Crippen LogP contribution is -2.26. The van der Waals surface area contributed by atoms with E-state index in [0.29, 0.717) is 43.2 Å². The number of phenols is 1. The smallest absolute Gasteiger partial charge is 0.340 e. The van der Waals surface area contributed by atoms with Gasteiger partial charge in [0, 0.05) is 26.0 Å². The van der Waals surface area contributed by atoms with Crippen LogP contribution in [-0.4, -0.2) is 55.9 Å². The maximum absolute atomic E-state index is 12.9. The molecule has 1 aromatic rings. The maximum atomic E-state index is 12.9. The summed E-state index contributed by atoms with van der Waals surface area (Å²) in [7, 11) is 2.88. The van der Waals surface area contributed by atoms with E-state index in [1.807, 2.05) is 6.92 Å². The van der Waals surface area contributed by atoms with Crippen LogP contribution in [-0.2, 0) is 19.1 Å². The van der Waals surface area contributed by atoms with Gasteiger partial charge in [0.25, 0.3) is 5.91 Å². The Morgan fingerprint density at radius 1 is 1.30 bits per heavy atom. The van der Waals surface area contributed by atoms with Crippen LogP contribution in [0.2, 0.25) is 0 Å². The van der Waals surface area contributed by atoms with Crippen molar-refractivity contribution < 1.29 is 28.9 Å². The van der Waals surface area contributed by atoms with Gasteiger partial charge in [-0.15, -0.1) is 0 Å². The third-order valence-corrected chi connectivity index (χ3v) is 4.23. The number of aromatic hydroxyl groups is 1. The second-order valence-electron chi connectivity index (χ2n) is 5.97. The van der Waals surface area contributed by atoms with E-state index in [-0.39, 0.29) is 22.8 Å². The number of rotatable bonds is 8. The molecule has 2 rings (SSSR count). The molecular weight excluding hydrogens is 350 g/mol. The largest absolute Gasteiger partial charge is 0.504 e. The van der Waals surface area contributed by atoms with E-state index < -0.39 is 5.97 Å². The number of benzene rings is 1. The first-order valence-electron chi connectivity index (χ1n) is 8.72. The lowest BCUT2D eigenvalue weighted by Gasteiger charge is -2.17. The molecule has 1 aliphatic rings. The van der Waals surface area contributed by atoms with Crippen molar-refractivity contribution in [3.63, 3.8) is 0 Å². The van der Waals surface area contributed by atoms with Gasteiger partial charge in [-0.25, -0.2) is 4.79 Å². The number of allylic oxidation sites excluding steroid dienone is 1. The van der Waals surface area contributed by atoms with E-state index in [0.717, 1.165) is 0 Å². The summed E-state index contributed by atoms with van der Waals surface area (Å²) in [5, 5.41) is 9.85. The molecule has 1 aliphatic heterocycles. The number of methoxy groups -OCH3 is 2. The Balaban J connectivity index is 2.43. The van der Waals surface area contributed by atoms with Crippen LogP contribution < -0.4 is 4.74 Å². The van der Waals surface area contributed by atoms with E-state index in [1.165, 1.54) is 13.2 Å². The summed E-state index contributed by atoms with van der Waals surface area (Å²) in [6.07, 6.45) is 2.26. The van der Waals surface area contributed by atoms with Crippen molar-refractivity contribution in [1.82, 2.24) is 4.90 Å². The van der Waals surface area contributed by atoms with Crippen molar-refractivity contribution in [1.29, 1.82) is 0 Å². The van der Waals surface area contributed by atoms with E-state index in [1.54, 1.807) is 37.1 Å². The fourth-order valence-corrected chi connectivity index (χ4v) is 2.92. The Hall–Kier alpha value is -2.80. The molecule has 7 nitrogen and oxygen atoms in total. The Kier molecular flexibility index (Phi) is 7.01. The zero-order valence-corrected chi connectivity index (χ0v) is 16.1. The standard InChI is InChI=1S/C20H25NO6/c1-5-27-17-12-14(7-8-16(17)22)11-15-18(20(24)26-4)13(2)21(19(15)23)9-6-10-25-3/h7-8,11-12,22H,5-6,9-10H2,1-4H3/b15-11-. The van der Waals surface area contributed by atoms with E-state index >= 15 is 0 Å². The molecule has 1 aromatic carbocycles. The number of esters is 1. The third-order valence-electron chi connectivity index (χ3n) is 4.23. The first-order valence-corrected chi connectivity index (χ1v) is 8.72. The summed E-state index contributed by atoms with van der Waals surface area (Å²) in [5.74, 6) is -0.507. The molecule has 0 aliphatic carbocycles. The summed E-state index contributed by atoms with van der Waals surface area (Å²) in [4.78, 5) is 26.7. The molecule has 7 heteroatoms. The number of hydrogen-bond donors (Lipinski definition) is 1. The van der Waals surface area contributed by atoms with Crippen LogP contribution in [0.4, 0.5) is 0 Å². The van der Waals surface area contributed by atoms with Gasteiger partial charge in [-0.2, -0.15) is 0 Å². The summed E-state index contributed by atoms with van der Waals surface area (Å²) in [5.41, 5.74) is 1.68. The predicted octanol–water partition coefficient (Wildman–Crippen LogP) is 2.50. The van der Waals surface area contributed by atoms with Gasteiger partial charge in [0.2, 0.25) is 0 Å². The monoisotopic (exact) mass is 375 g/mol.